The number of benzene rings is 1. The molecule has 4 nitrogen and oxygen atoms in total. The molecule has 0 aliphatic heterocycles. The predicted octanol–water partition coefficient (Wildman–Crippen LogP) is 3.67. The van der Waals surface area contributed by atoms with Gasteiger partial charge in [0.15, 0.2) is 5.41 Å². The molecule has 1 N–H and O–H groups in total. The number of carbonyl (C=O) groups excluding carboxylic acids is 1. The van der Waals surface area contributed by atoms with Gasteiger partial charge in [0, 0.05) is 12.5 Å². The van der Waals surface area contributed by atoms with Crippen molar-refractivity contribution in [3.05, 3.63) is 34.3 Å². The van der Waals surface area contributed by atoms with Crippen LogP contribution >= 0.6 is 15.9 Å². The Morgan fingerprint density at radius 2 is 1.86 bits per heavy atom. The number of carboxylic acid groups (broad SMARTS) is 1. The Hall–Kier alpha value is -1.14. The van der Waals surface area contributed by atoms with Gasteiger partial charge >= 0.3 is 11.9 Å². The molecule has 0 amide bonds. The lowest BCUT2D eigenvalue weighted by molar-refractivity contribution is -0.160. The molecule has 0 heterocycles. The molecule has 1 rings (SSSR count). The minimum absolute atomic E-state index is 0.157. The van der Waals surface area contributed by atoms with Crippen LogP contribution in [0.1, 0.15) is 12.5 Å². The summed E-state index contributed by atoms with van der Waals surface area (Å²) in [6.45, 7) is 7.96. The van der Waals surface area contributed by atoms with Crippen LogP contribution in [0, 0.1) is 0 Å². The quantitative estimate of drug-likeness (QED) is 0.470. The topological polar surface area (TPSA) is 63.6 Å². The van der Waals surface area contributed by atoms with Crippen molar-refractivity contribution in [3.8, 4) is 0 Å². The van der Waals surface area contributed by atoms with Gasteiger partial charge in [-0.1, -0.05) is 53.8 Å². The fourth-order valence-corrected chi connectivity index (χ4v) is 5.11. The highest BCUT2D eigenvalue weighted by atomic mass is 79.9. The maximum absolute atomic E-state index is 12.5. The van der Waals surface area contributed by atoms with E-state index in [4.69, 9.17) is 4.74 Å². The van der Waals surface area contributed by atoms with Gasteiger partial charge in [0.05, 0.1) is 6.61 Å². The van der Waals surface area contributed by atoms with Crippen molar-refractivity contribution >= 4 is 35.9 Å². The maximum atomic E-state index is 12.5. The average Bonchev–Trinajstić information content (AvgIpc) is 2.35. The van der Waals surface area contributed by atoms with Crippen LogP contribution in [0.4, 0.5) is 0 Å². The number of hydrogen-bond acceptors (Lipinski definition) is 3. The van der Waals surface area contributed by atoms with Gasteiger partial charge in [-0.05, 0) is 24.6 Å². The summed E-state index contributed by atoms with van der Waals surface area (Å²) < 4.78 is 5.72. The van der Waals surface area contributed by atoms with Crippen molar-refractivity contribution in [1.82, 2.24) is 0 Å². The van der Waals surface area contributed by atoms with E-state index < -0.39 is 25.4 Å². The molecule has 0 spiro atoms. The summed E-state index contributed by atoms with van der Waals surface area (Å²) in [7, 11) is -1.86. The van der Waals surface area contributed by atoms with Crippen molar-refractivity contribution in [2.45, 2.75) is 38.0 Å². The standard InChI is InChI=1S/C15H21BrO4Si/c1-5-20-14(19)15(13(17)18,10-21(2,3)4)11-8-6-7-9-12(11)16/h6-9H,5,10H2,1-4H3,(H,17,18). The van der Waals surface area contributed by atoms with E-state index in [0.29, 0.717) is 10.0 Å². The van der Waals surface area contributed by atoms with E-state index in [9.17, 15) is 14.7 Å². The van der Waals surface area contributed by atoms with Gasteiger partial charge in [-0.2, -0.15) is 0 Å². The fraction of sp³-hybridized carbons (Fsp3) is 0.467. The number of hydrogen-bond donors (Lipinski definition) is 1. The zero-order chi connectivity index (χ0) is 16.3. The highest BCUT2D eigenvalue weighted by Crippen LogP contribution is 2.39. The summed E-state index contributed by atoms with van der Waals surface area (Å²) in [6, 6.07) is 7.24. The van der Waals surface area contributed by atoms with E-state index in [1.807, 2.05) is 19.6 Å². The van der Waals surface area contributed by atoms with E-state index in [-0.39, 0.29) is 12.7 Å². The zero-order valence-electron chi connectivity index (χ0n) is 12.8. The maximum Gasteiger partial charge on any atom is 0.327 e. The van der Waals surface area contributed by atoms with Crippen LogP contribution in [0.5, 0.6) is 0 Å². The van der Waals surface area contributed by atoms with Gasteiger partial charge in [-0.15, -0.1) is 0 Å². The Balaban J connectivity index is 3.56. The van der Waals surface area contributed by atoms with Crippen molar-refractivity contribution in [2.75, 3.05) is 6.61 Å². The number of aliphatic carboxylic acids is 1. The summed E-state index contributed by atoms with van der Waals surface area (Å²) >= 11 is 3.37. The minimum Gasteiger partial charge on any atom is -0.480 e. The lowest BCUT2D eigenvalue weighted by Crippen LogP contribution is -2.49. The summed E-state index contributed by atoms with van der Waals surface area (Å²) in [4.78, 5) is 24.6. The Morgan fingerprint density at radius 3 is 2.29 bits per heavy atom. The van der Waals surface area contributed by atoms with Crippen molar-refractivity contribution < 1.29 is 19.4 Å². The first-order valence-corrected chi connectivity index (χ1v) is 11.3. The molecule has 0 saturated carbocycles. The van der Waals surface area contributed by atoms with Gasteiger partial charge in [0.1, 0.15) is 0 Å². The number of ether oxygens (including phenoxy) is 1. The first kappa shape index (κ1) is 17.9. The molecule has 6 heteroatoms. The largest absolute Gasteiger partial charge is 0.480 e. The zero-order valence-corrected chi connectivity index (χ0v) is 15.4. The Kier molecular flexibility index (Phi) is 5.75. The smallest absolute Gasteiger partial charge is 0.327 e. The molecular weight excluding hydrogens is 352 g/mol. The second-order valence-electron chi connectivity index (χ2n) is 6.15. The second kappa shape index (κ2) is 6.75. The highest BCUT2D eigenvalue weighted by Gasteiger charge is 2.52. The third-order valence-corrected chi connectivity index (χ3v) is 5.40. The van der Waals surface area contributed by atoms with Gasteiger partial charge in [-0.3, -0.25) is 9.59 Å². The molecule has 116 valence electrons. The molecule has 0 radical (unpaired) electrons. The van der Waals surface area contributed by atoms with E-state index in [2.05, 4.69) is 15.9 Å². The second-order valence-corrected chi connectivity index (χ2v) is 12.5. The van der Waals surface area contributed by atoms with E-state index in [1.165, 1.54) is 0 Å². The molecule has 1 aromatic carbocycles. The van der Waals surface area contributed by atoms with Gasteiger partial charge in [0.2, 0.25) is 0 Å². The molecule has 1 unspecified atom stereocenters. The molecule has 0 aromatic heterocycles. The first-order chi connectivity index (χ1) is 9.65. The van der Waals surface area contributed by atoms with Crippen LogP contribution in [0.25, 0.3) is 0 Å². The molecule has 1 aromatic rings. The van der Waals surface area contributed by atoms with Crippen LogP contribution in [0.2, 0.25) is 25.7 Å². The Bertz CT molecular complexity index is 539. The number of halogens is 1. The van der Waals surface area contributed by atoms with Crippen molar-refractivity contribution in [3.63, 3.8) is 0 Å². The average molecular weight is 373 g/mol. The monoisotopic (exact) mass is 372 g/mol. The Labute approximate surface area is 134 Å². The van der Waals surface area contributed by atoms with Crippen LogP contribution < -0.4 is 0 Å². The van der Waals surface area contributed by atoms with Crippen LogP contribution in [-0.4, -0.2) is 31.7 Å². The molecule has 1 atom stereocenters. The van der Waals surface area contributed by atoms with E-state index in [0.717, 1.165) is 0 Å². The normalized spacial score (nSPS) is 14.3. The number of esters is 1. The molecular formula is C15H21BrO4Si. The number of carboxylic acids is 1. The van der Waals surface area contributed by atoms with E-state index >= 15 is 0 Å². The SMILES string of the molecule is CCOC(=O)C(C[Si](C)(C)C)(C(=O)O)c1ccccc1Br. The summed E-state index contributed by atoms with van der Waals surface area (Å²) in [5, 5.41) is 9.86. The Morgan fingerprint density at radius 1 is 1.29 bits per heavy atom. The molecule has 0 aliphatic rings. The molecule has 0 bridgehead atoms. The third-order valence-electron chi connectivity index (χ3n) is 3.12. The minimum atomic E-state index is -1.86. The molecule has 21 heavy (non-hydrogen) atoms. The summed E-state index contributed by atoms with van der Waals surface area (Å²) in [5.74, 6) is -1.85. The van der Waals surface area contributed by atoms with E-state index in [1.54, 1.807) is 31.2 Å². The third kappa shape index (κ3) is 3.94. The van der Waals surface area contributed by atoms with Crippen LogP contribution in [0.15, 0.2) is 28.7 Å². The van der Waals surface area contributed by atoms with Crippen LogP contribution in [0.3, 0.4) is 0 Å². The van der Waals surface area contributed by atoms with Crippen LogP contribution in [-0.2, 0) is 19.7 Å². The van der Waals surface area contributed by atoms with Gasteiger partial charge < -0.3 is 9.84 Å². The summed E-state index contributed by atoms with van der Waals surface area (Å²) in [5.41, 5.74) is -1.20. The lowest BCUT2D eigenvalue weighted by Gasteiger charge is -2.33. The van der Waals surface area contributed by atoms with Gasteiger partial charge in [-0.25, -0.2) is 0 Å². The number of rotatable bonds is 6. The fourth-order valence-electron chi connectivity index (χ4n) is 2.41. The molecule has 0 aliphatic carbocycles. The molecule has 0 saturated heterocycles. The first-order valence-electron chi connectivity index (χ1n) is 6.81. The molecule has 0 fully saturated rings. The predicted molar refractivity (Wildman–Crippen MR) is 88.2 cm³/mol. The lowest BCUT2D eigenvalue weighted by atomic mass is 9.82. The van der Waals surface area contributed by atoms with Crippen molar-refractivity contribution in [1.29, 1.82) is 0 Å². The summed E-state index contributed by atoms with van der Waals surface area (Å²) in [6.07, 6.45) is 0. The number of carbonyl (C=O) groups is 2. The van der Waals surface area contributed by atoms with Gasteiger partial charge in [0.25, 0.3) is 0 Å². The highest BCUT2D eigenvalue weighted by molar-refractivity contribution is 9.10. The van der Waals surface area contributed by atoms with Crippen molar-refractivity contribution in [2.24, 2.45) is 0 Å².